The topological polar surface area (TPSA) is 57.9 Å². The number of hydrogen-bond donors (Lipinski definition) is 1. The first-order chi connectivity index (χ1) is 9.64. The monoisotopic (exact) mass is 345 g/mol. The Morgan fingerprint density at radius 3 is 2.76 bits per heavy atom. The van der Waals surface area contributed by atoms with E-state index in [0.29, 0.717) is 13.1 Å². The van der Waals surface area contributed by atoms with Crippen molar-refractivity contribution < 1.29 is 9.13 Å². The van der Waals surface area contributed by atoms with Crippen LogP contribution in [0.3, 0.4) is 0 Å². The molecule has 1 aliphatic rings. The Balaban J connectivity index is 0.00000161. The number of nitrogens with one attached hydrogen (secondary N) is 1. The van der Waals surface area contributed by atoms with E-state index in [4.69, 9.17) is 21.6 Å². The summed E-state index contributed by atoms with van der Waals surface area (Å²) >= 11 is 7.24. The number of halogens is 3. The van der Waals surface area contributed by atoms with E-state index < -0.39 is 11.4 Å². The summed E-state index contributed by atoms with van der Waals surface area (Å²) in [5.74, 6) is -0.360. The molecule has 0 unspecified atom stereocenters. The average Bonchev–Trinajstić information content (AvgIpc) is 2.91. The zero-order valence-corrected chi connectivity index (χ0v) is 13.0. The molecule has 0 amide bonds. The van der Waals surface area contributed by atoms with Crippen LogP contribution in [-0.2, 0) is 5.60 Å². The highest BCUT2D eigenvalue weighted by Gasteiger charge is 2.44. The predicted octanol–water partition coefficient (Wildman–Crippen LogP) is 3.11. The van der Waals surface area contributed by atoms with Gasteiger partial charge in [0.15, 0.2) is 5.60 Å². The van der Waals surface area contributed by atoms with E-state index in [2.05, 4.69) is 10.3 Å². The molecule has 2 aromatic rings. The summed E-state index contributed by atoms with van der Waals surface area (Å²) < 4.78 is 19.3. The molecule has 0 aliphatic carbocycles. The van der Waals surface area contributed by atoms with E-state index in [1.54, 1.807) is 6.20 Å². The zero-order chi connectivity index (χ0) is 14.2. The maximum absolute atomic E-state index is 13.4. The maximum atomic E-state index is 13.4. The van der Waals surface area contributed by atoms with Crippen molar-refractivity contribution >= 4 is 35.3 Å². The van der Waals surface area contributed by atoms with E-state index >= 15 is 0 Å². The van der Waals surface area contributed by atoms with Crippen LogP contribution >= 0.6 is 35.3 Å². The van der Waals surface area contributed by atoms with Gasteiger partial charge >= 0.3 is 0 Å². The normalized spacial score (nSPS) is 15.5. The van der Waals surface area contributed by atoms with Gasteiger partial charge in [0, 0.05) is 30.7 Å². The smallest absolute Gasteiger partial charge is 0.185 e. The van der Waals surface area contributed by atoms with Gasteiger partial charge in [0.25, 0.3) is 0 Å². The van der Waals surface area contributed by atoms with E-state index in [9.17, 15) is 4.39 Å². The molecular weight excluding hydrogens is 336 g/mol. The van der Waals surface area contributed by atoms with E-state index in [1.165, 1.54) is 17.4 Å². The zero-order valence-electron chi connectivity index (χ0n) is 10.6. The minimum atomic E-state index is -0.634. The Bertz CT molecular complexity index is 683. The second kappa shape index (κ2) is 6.16. The molecule has 110 valence electrons. The number of hydrogen-bond acceptors (Lipinski definition) is 5. The van der Waals surface area contributed by atoms with Gasteiger partial charge in [-0.1, -0.05) is 11.6 Å². The van der Waals surface area contributed by atoms with Gasteiger partial charge in [0.05, 0.1) is 10.6 Å². The average molecular weight is 346 g/mol. The Hall–Kier alpha value is -1.39. The summed E-state index contributed by atoms with van der Waals surface area (Å²) in [5.41, 5.74) is -0.490. The van der Waals surface area contributed by atoms with Gasteiger partial charge in [0.2, 0.25) is 0 Å². The van der Waals surface area contributed by atoms with Gasteiger partial charge < -0.3 is 10.1 Å². The SMILES string of the molecule is Cl.N#Cc1cc(F)c(Cl)cc1OC1(c2nccs2)CNC1. The van der Waals surface area contributed by atoms with Crippen molar-refractivity contribution in [3.63, 3.8) is 0 Å². The van der Waals surface area contributed by atoms with Crippen LogP contribution in [-0.4, -0.2) is 18.1 Å². The lowest BCUT2D eigenvalue weighted by Gasteiger charge is -2.41. The predicted molar refractivity (Wildman–Crippen MR) is 80.7 cm³/mol. The van der Waals surface area contributed by atoms with Gasteiger partial charge in [-0.05, 0) is 6.07 Å². The number of benzene rings is 1. The van der Waals surface area contributed by atoms with Crippen LogP contribution < -0.4 is 10.1 Å². The lowest BCUT2D eigenvalue weighted by molar-refractivity contribution is 0.0116. The number of nitriles is 1. The second-order valence-electron chi connectivity index (χ2n) is 4.41. The first kappa shape index (κ1) is 16.0. The molecular formula is C13H10Cl2FN3OS. The molecule has 1 aliphatic heterocycles. The van der Waals surface area contributed by atoms with Crippen LogP contribution in [0.1, 0.15) is 10.6 Å². The number of ether oxygens (including phenoxy) is 1. The minimum absolute atomic E-state index is 0. The molecule has 1 N–H and O–H groups in total. The summed E-state index contributed by atoms with van der Waals surface area (Å²) in [5, 5.41) is 14.8. The molecule has 0 spiro atoms. The highest BCUT2D eigenvalue weighted by molar-refractivity contribution is 7.09. The molecule has 0 radical (unpaired) electrons. The van der Waals surface area contributed by atoms with Crippen LogP contribution in [0.25, 0.3) is 0 Å². The highest BCUT2D eigenvalue weighted by atomic mass is 35.5. The Labute approximate surface area is 135 Å². The van der Waals surface area contributed by atoms with Crippen molar-refractivity contribution in [3.05, 3.63) is 45.1 Å². The molecule has 2 heterocycles. The molecule has 1 fully saturated rings. The van der Waals surface area contributed by atoms with Crippen molar-refractivity contribution in [1.82, 2.24) is 10.3 Å². The van der Waals surface area contributed by atoms with Crippen LogP contribution in [0.2, 0.25) is 5.02 Å². The van der Waals surface area contributed by atoms with E-state index in [-0.39, 0.29) is 28.7 Å². The fourth-order valence-electron chi connectivity index (χ4n) is 1.98. The summed E-state index contributed by atoms with van der Waals surface area (Å²) in [7, 11) is 0. The van der Waals surface area contributed by atoms with Crippen molar-refractivity contribution in [1.29, 1.82) is 5.26 Å². The Morgan fingerprint density at radius 1 is 1.48 bits per heavy atom. The quantitative estimate of drug-likeness (QED) is 0.928. The summed E-state index contributed by atoms with van der Waals surface area (Å²) in [6, 6.07) is 4.34. The fraction of sp³-hybridized carbons (Fsp3) is 0.231. The van der Waals surface area contributed by atoms with Crippen molar-refractivity contribution in [2.75, 3.05) is 13.1 Å². The third-order valence-corrected chi connectivity index (χ3v) is 4.34. The maximum Gasteiger partial charge on any atom is 0.185 e. The van der Waals surface area contributed by atoms with Gasteiger partial charge in [-0.2, -0.15) is 5.26 Å². The van der Waals surface area contributed by atoms with Gasteiger partial charge in [-0.15, -0.1) is 23.7 Å². The number of thiazole rings is 1. The molecule has 0 bridgehead atoms. The minimum Gasteiger partial charge on any atom is -0.476 e. The number of nitrogens with zero attached hydrogens (tertiary/aromatic N) is 2. The third kappa shape index (κ3) is 2.83. The Kier molecular flexibility index (Phi) is 4.69. The number of aromatic nitrogens is 1. The molecule has 4 nitrogen and oxygen atoms in total. The molecule has 1 aromatic heterocycles. The Morgan fingerprint density at radius 2 is 2.24 bits per heavy atom. The van der Waals surface area contributed by atoms with Gasteiger partial charge in [0.1, 0.15) is 22.6 Å². The lowest BCUT2D eigenvalue weighted by atomic mass is 9.97. The van der Waals surface area contributed by atoms with E-state index in [0.717, 1.165) is 11.1 Å². The molecule has 1 aromatic carbocycles. The summed E-state index contributed by atoms with van der Waals surface area (Å²) in [4.78, 5) is 4.27. The first-order valence-electron chi connectivity index (χ1n) is 5.83. The van der Waals surface area contributed by atoms with Crippen molar-refractivity contribution in [2.24, 2.45) is 0 Å². The second-order valence-corrected chi connectivity index (χ2v) is 5.71. The summed E-state index contributed by atoms with van der Waals surface area (Å²) in [6.07, 6.45) is 1.70. The van der Waals surface area contributed by atoms with Gasteiger partial charge in [-0.25, -0.2) is 9.37 Å². The highest BCUT2D eigenvalue weighted by Crippen LogP contribution is 2.36. The van der Waals surface area contributed by atoms with Gasteiger partial charge in [-0.3, -0.25) is 0 Å². The van der Waals surface area contributed by atoms with Crippen LogP contribution in [0.15, 0.2) is 23.7 Å². The summed E-state index contributed by atoms with van der Waals surface area (Å²) in [6.45, 7) is 1.17. The molecule has 1 saturated heterocycles. The number of rotatable bonds is 3. The van der Waals surface area contributed by atoms with Crippen LogP contribution in [0.5, 0.6) is 5.75 Å². The molecule has 3 rings (SSSR count). The molecule has 8 heteroatoms. The van der Waals surface area contributed by atoms with E-state index in [1.807, 2.05) is 11.4 Å². The van der Waals surface area contributed by atoms with Crippen molar-refractivity contribution in [3.8, 4) is 11.8 Å². The molecule has 0 atom stereocenters. The largest absolute Gasteiger partial charge is 0.476 e. The third-order valence-electron chi connectivity index (χ3n) is 3.09. The molecule has 21 heavy (non-hydrogen) atoms. The van der Waals surface area contributed by atoms with Crippen LogP contribution in [0, 0.1) is 17.1 Å². The fourth-order valence-corrected chi connectivity index (χ4v) is 2.91. The first-order valence-corrected chi connectivity index (χ1v) is 7.09. The van der Waals surface area contributed by atoms with Crippen molar-refractivity contribution in [2.45, 2.75) is 5.60 Å². The van der Waals surface area contributed by atoms with Crippen LogP contribution in [0.4, 0.5) is 4.39 Å². The molecule has 0 saturated carbocycles. The lowest BCUT2D eigenvalue weighted by Crippen LogP contribution is -2.60. The standard InChI is InChI=1S/C13H9ClFN3OS.ClH/c14-9-4-11(8(5-16)3-10(9)15)19-13(6-17-7-13)12-18-1-2-20-12;/h1-4,17H,6-7H2;1H.